The molecule has 0 amide bonds. The first-order valence-corrected chi connectivity index (χ1v) is 7.96. The number of benzene rings is 1. The van der Waals surface area contributed by atoms with Crippen molar-refractivity contribution < 1.29 is 0 Å². The molecule has 1 aromatic carbocycles. The van der Waals surface area contributed by atoms with Crippen molar-refractivity contribution in [1.29, 1.82) is 0 Å². The van der Waals surface area contributed by atoms with Crippen LogP contribution >= 0.6 is 23.7 Å². The Morgan fingerprint density at radius 1 is 1.18 bits per heavy atom. The van der Waals surface area contributed by atoms with E-state index < -0.39 is 0 Å². The Kier molecular flexibility index (Phi) is 3.54. The standard InChI is InChI=1S/C13H16N2S2/c14-17-13-15(10-6-2-1-3-7-10)11-8-4-5-9-12(11)16-13/h4-5,8-10,13H,1-3,6-7H2. The molecule has 1 saturated carbocycles. The summed E-state index contributed by atoms with van der Waals surface area (Å²) in [5.41, 5.74) is 1.32. The Bertz CT molecular complexity index is 391. The largest absolute Gasteiger partial charge is 0.345 e. The van der Waals surface area contributed by atoms with E-state index >= 15 is 0 Å². The summed E-state index contributed by atoms with van der Waals surface area (Å²) in [5.74, 6) is 0. The molecule has 1 aromatic rings. The molecule has 1 fully saturated rings. The summed E-state index contributed by atoms with van der Waals surface area (Å²) in [6, 6.07) is 9.14. The fraction of sp³-hybridized carbons (Fsp3) is 0.538. The third kappa shape index (κ3) is 2.18. The summed E-state index contributed by atoms with van der Waals surface area (Å²) >= 11 is 2.76. The van der Waals surface area contributed by atoms with Crippen molar-refractivity contribution in [2.75, 3.05) is 4.90 Å². The molecule has 1 aliphatic carbocycles. The summed E-state index contributed by atoms with van der Waals surface area (Å²) in [5, 5.41) is 9.49. The van der Waals surface area contributed by atoms with Gasteiger partial charge in [0.25, 0.3) is 0 Å². The number of anilines is 1. The molecule has 3 rings (SSSR count). The smallest absolute Gasteiger partial charge is 0.144 e. The minimum Gasteiger partial charge on any atom is -0.345 e. The lowest BCUT2D eigenvalue weighted by atomic mass is 9.94. The minimum atomic E-state index is 0.149. The number of hydrogen-bond donors (Lipinski definition) is 0. The third-order valence-corrected chi connectivity index (χ3v) is 5.64. The molecule has 1 heterocycles. The maximum atomic E-state index is 9.49. The second-order valence-corrected chi connectivity index (χ2v) is 6.77. The SMILES string of the molecule is [N]SC1Sc2ccccc2N1C1CCCCC1. The van der Waals surface area contributed by atoms with Gasteiger partial charge in [-0.2, -0.15) is 0 Å². The highest BCUT2D eigenvalue weighted by molar-refractivity contribution is 8.16. The monoisotopic (exact) mass is 264 g/mol. The van der Waals surface area contributed by atoms with Gasteiger partial charge in [-0.1, -0.05) is 48.3 Å². The van der Waals surface area contributed by atoms with E-state index in [2.05, 4.69) is 29.2 Å². The minimum absolute atomic E-state index is 0.149. The molecule has 17 heavy (non-hydrogen) atoms. The van der Waals surface area contributed by atoms with Gasteiger partial charge >= 0.3 is 0 Å². The Morgan fingerprint density at radius 2 is 1.94 bits per heavy atom. The van der Waals surface area contributed by atoms with E-state index in [0.29, 0.717) is 6.04 Å². The second-order valence-electron chi connectivity index (χ2n) is 4.70. The molecule has 4 heteroatoms. The molecule has 0 aromatic heterocycles. The first-order chi connectivity index (χ1) is 8.40. The van der Waals surface area contributed by atoms with Crippen LogP contribution in [0.1, 0.15) is 32.1 Å². The average Bonchev–Trinajstić information content (AvgIpc) is 2.78. The van der Waals surface area contributed by atoms with Crippen LogP contribution in [0, 0.1) is 0 Å². The summed E-state index contributed by atoms with van der Waals surface area (Å²) in [6.07, 6.45) is 6.57. The van der Waals surface area contributed by atoms with E-state index in [-0.39, 0.29) is 4.71 Å². The van der Waals surface area contributed by atoms with Gasteiger partial charge in [0.05, 0.1) is 5.69 Å². The van der Waals surface area contributed by atoms with Gasteiger partial charge in [-0.05, 0) is 36.9 Å². The van der Waals surface area contributed by atoms with Crippen molar-refractivity contribution >= 4 is 29.4 Å². The second kappa shape index (κ2) is 5.12. The van der Waals surface area contributed by atoms with Crippen LogP contribution in [0.3, 0.4) is 0 Å². The van der Waals surface area contributed by atoms with Crippen LogP contribution in [0.25, 0.3) is 0 Å². The van der Waals surface area contributed by atoms with E-state index in [1.54, 1.807) is 11.8 Å². The molecule has 90 valence electrons. The molecule has 2 nitrogen and oxygen atoms in total. The van der Waals surface area contributed by atoms with Crippen molar-refractivity contribution in [3.05, 3.63) is 24.3 Å². The van der Waals surface area contributed by atoms with E-state index in [9.17, 15) is 5.14 Å². The zero-order chi connectivity index (χ0) is 11.7. The van der Waals surface area contributed by atoms with Gasteiger partial charge in [0.15, 0.2) is 0 Å². The van der Waals surface area contributed by atoms with E-state index in [4.69, 9.17) is 0 Å². The van der Waals surface area contributed by atoms with Gasteiger partial charge in [0.1, 0.15) is 4.71 Å². The molecule has 0 N–H and O–H groups in total. The van der Waals surface area contributed by atoms with E-state index in [0.717, 1.165) is 11.9 Å². The first kappa shape index (κ1) is 11.8. The number of nitrogens with zero attached hydrogens (tertiary/aromatic N) is 2. The van der Waals surface area contributed by atoms with Gasteiger partial charge in [-0.15, -0.1) is 0 Å². The Morgan fingerprint density at radius 3 is 2.71 bits per heavy atom. The maximum absolute atomic E-state index is 9.49. The topological polar surface area (TPSA) is 25.5 Å². The number of hydrogen-bond acceptors (Lipinski definition) is 3. The van der Waals surface area contributed by atoms with Crippen molar-refractivity contribution in [3.63, 3.8) is 0 Å². The Labute approximate surface area is 111 Å². The van der Waals surface area contributed by atoms with Gasteiger partial charge in [0, 0.05) is 10.9 Å². The lowest BCUT2D eigenvalue weighted by Gasteiger charge is -2.35. The molecule has 2 aliphatic rings. The normalized spacial score (nSPS) is 25.0. The van der Waals surface area contributed by atoms with Crippen molar-refractivity contribution in [2.45, 2.75) is 47.7 Å². The third-order valence-electron chi connectivity index (χ3n) is 3.66. The van der Waals surface area contributed by atoms with Crippen molar-refractivity contribution in [2.24, 2.45) is 0 Å². The highest BCUT2D eigenvalue weighted by atomic mass is 32.2. The molecule has 1 unspecified atom stereocenters. The molecule has 0 bridgehead atoms. The van der Waals surface area contributed by atoms with Gasteiger partial charge in [-0.25, -0.2) is 0 Å². The molecule has 1 aliphatic heterocycles. The molecule has 1 atom stereocenters. The number of para-hydroxylation sites is 1. The Hall–Kier alpha value is -0.320. The highest BCUT2D eigenvalue weighted by Gasteiger charge is 2.35. The van der Waals surface area contributed by atoms with Crippen LogP contribution in [0.4, 0.5) is 5.69 Å². The number of fused-ring (bicyclic) bond motifs is 1. The molecule has 2 radical (unpaired) electrons. The molecule has 0 spiro atoms. The molecular formula is C13H16N2S2. The lowest BCUT2D eigenvalue weighted by molar-refractivity contribution is 0.422. The van der Waals surface area contributed by atoms with Crippen LogP contribution < -0.4 is 10.0 Å². The molecule has 0 saturated heterocycles. The van der Waals surface area contributed by atoms with E-state index in [1.807, 2.05) is 0 Å². The number of rotatable bonds is 2. The van der Waals surface area contributed by atoms with Crippen LogP contribution in [0.15, 0.2) is 29.2 Å². The highest BCUT2D eigenvalue weighted by Crippen LogP contribution is 2.49. The van der Waals surface area contributed by atoms with Crippen LogP contribution in [0.2, 0.25) is 0 Å². The van der Waals surface area contributed by atoms with Gasteiger partial charge < -0.3 is 4.90 Å². The summed E-state index contributed by atoms with van der Waals surface area (Å²) in [6.45, 7) is 0. The van der Waals surface area contributed by atoms with E-state index in [1.165, 1.54) is 42.7 Å². The van der Waals surface area contributed by atoms with Crippen LogP contribution in [-0.4, -0.2) is 10.7 Å². The summed E-state index contributed by atoms with van der Waals surface area (Å²) in [4.78, 5) is 3.74. The van der Waals surface area contributed by atoms with Gasteiger partial charge in [0.2, 0.25) is 0 Å². The Balaban J connectivity index is 1.89. The summed E-state index contributed by atoms with van der Waals surface area (Å²) in [7, 11) is 0. The predicted molar refractivity (Wildman–Crippen MR) is 75.2 cm³/mol. The lowest BCUT2D eigenvalue weighted by Crippen LogP contribution is -2.39. The fourth-order valence-electron chi connectivity index (χ4n) is 2.85. The quantitative estimate of drug-likeness (QED) is 0.757. The van der Waals surface area contributed by atoms with Crippen molar-refractivity contribution in [1.82, 2.24) is 5.14 Å². The zero-order valence-corrected chi connectivity index (χ0v) is 11.3. The first-order valence-electron chi connectivity index (χ1n) is 6.24. The van der Waals surface area contributed by atoms with Crippen molar-refractivity contribution in [3.8, 4) is 0 Å². The number of thioether (sulfide) groups is 1. The average molecular weight is 264 g/mol. The van der Waals surface area contributed by atoms with Gasteiger partial charge in [-0.3, -0.25) is 0 Å². The molecular weight excluding hydrogens is 248 g/mol. The predicted octanol–water partition coefficient (Wildman–Crippen LogP) is 3.93. The van der Waals surface area contributed by atoms with Crippen LogP contribution in [-0.2, 0) is 0 Å². The zero-order valence-electron chi connectivity index (χ0n) is 9.71. The maximum Gasteiger partial charge on any atom is 0.144 e. The summed E-state index contributed by atoms with van der Waals surface area (Å²) < 4.78 is 0.149. The fourth-order valence-corrected chi connectivity index (χ4v) is 4.79. The van der Waals surface area contributed by atoms with Crippen LogP contribution in [0.5, 0.6) is 0 Å².